The van der Waals surface area contributed by atoms with E-state index in [0.29, 0.717) is 12.0 Å². The van der Waals surface area contributed by atoms with Crippen molar-refractivity contribution < 1.29 is 9.47 Å². The fourth-order valence-electron chi connectivity index (χ4n) is 3.24. The molecule has 0 bridgehead atoms. The van der Waals surface area contributed by atoms with Crippen LogP contribution in [0.1, 0.15) is 52.9 Å². The van der Waals surface area contributed by atoms with Crippen LogP contribution in [0.3, 0.4) is 0 Å². The van der Waals surface area contributed by atoms with Crippen molar-refractivity contribution in [1.29, 1.82) is 0 Å². The van der Waals surface area contributed by atoms with Gasteiger partial charge in [-0.05, 0) is 44.6 Å². The Morgan fingerprint density at radius 1 is 1.22 bits per heavy atom. The molecule has 0 radical (unpaired) electrons. The number of rotatable bonds is 8. The molecule has 1 fully saturated rings. The van der Waals surface area contributed by atoms with E-state index in [1.807, 2.05) is 7.11 Å². The molecule has 18 heavy (non-hydrogen) atoms. The molecular formula is C15H31NO2. The minimum absolute atomic E-state index is 0.0167. The Kier molecular flexibility index (Phi) is 7.20. The van der Waals surface area contributed by atoms with Crippen molar-refractivity contribution in [2.24, 2.45) is 5.92 Å². The van der Waals surface area contributed by atoms with E-state index in [1.165, 1.54) is 6.42 Å². The van der Waals surface area contributed by atoms with Gasteiger partial charge in [0, 0.05) is 26.4 Å². The standard InChI is InChI=1S/C15H31NO2/c1-5-10-16-14(13-8-11-18-12-9-13)15(6-2,7-3)17-4/h13-14,16H,5-12H2,1-4H3. The van der Waals surface area contributed by atoms with Gasteiger partial charge in [-0.15, -0.1) is 0 Å². The minimum Gasteiger partial charge on any atom is -0.381 e. The highest BCUT2D eigenvalue weighted by Gasteiger charge is 2.40. The fraction of sp³-hybridized carbons (Fsp3) is 1.00. The molecule has 0 spiro atoms. The van der Waals surface area contributed by atoms with Crippen LogP contribution in [0.25, 0.3) is 0 Å². The topological polar surface area (TPSA) is 30.5 Å². The van der Waals surface area contributed by atoms with Gasteiger partial charge in [0.15, 0.2) is 0 Å². The molecule has 1 aliphatic rings. The van der Waals surface area contributed by atoms with E-state index < -0.39 is 0 Å². The highest BCUT2D eigenvalue weighted by Crippen LogP contribution is 2.33. The van der Waals surface area contributed by atoms with Crippen molar-refractivity contribution in [3.63, 3.8) is 0 Å². The number of hydrogen-bond donors (Lipinski definition) is 1. The fourth-order valence-corrected chi connectivity index (χ4v) is 3.24. The lowest BCUT2D eigenvalue weighted by molar-refractivity contribution is -0.0771. The normalized spacial score (nSPS) is 20.0. The van der Waals surface area contributed by atoms with Gasteiger partial charge < -0.3 is 14.8 Å². The Labute approximate surface area is 113 Å². The van der Waals surface area contributed by atoms with Gasteiger partial charge in [0.05, 0.1) is 5.60 Å². The maximum absolute atomic E-state index is 5.95. The molecule has 1 atom stereocenters. The maximum Gasteiger partial charge on any atom is 0.0828 e. The first-order chi connectivity index (χ1) is 8.74. The zero-order valence-electron chi connectivity index (χ0n) is 12.6. The van der Waals surface area contributed by atoms with Crippen LogP contribution >= 0.6 is 0 Å². The highest BCUT2D eigenvalue weighted by molar-refractivity contribution is 4.96. The molecule has 1 aliphatic heterocycles. The molecule has 3 nitrogen and oxygen atoms in total. The Morgan fingerprint density at radius 2 is 1.83 bits per heavy atom. The van der Waals surface area contributed by atoms with Crippen molar-refractivity contribution in [1.82, 2.24) is 5.32 Å². The first-order valence-corrected chi connectivity index (χ1v) is 7.60. The van der Waals surface area contributed by atoms with Gasteiger partial charge in [0.2, 0.25) is 0 Å². The average Bonchev–Trinajstić information content (AvgIpc) is 2.45. The molecule has 1 unspecified atom stereocenters. The SMILES string of the molecule is CCCNC(C1CCOCC1)C(CC)(CC)OC. The van der Waals surface area contributed by atoms with Crippen LogP contribution in [0.15, 0.2) is 0 Å². The largest absolute Gasteiger partial charge is 0.381 e. The zero-order chi connectivity index (χ0) is 13.4. The summed E-state index contributed by atoms with van der Waals surface area (Å²) < 4.78 is 11.4. The molecule has 0 aromatic heterocycles. The van der Waals surface area contributed by atoms with Gasteiger partial charge in [-0.25, -0.2) is 0 Å². The van der Waals surface area contributed by atoms with Crippen LogP contribution in [-0.2, 0) is 9.47 Å². The molecule has 0 amide bonds. The quantitative estimate of drug-likeness (QED) is 0.725. The van der Waals surface area contributed by atoms with Crippen LogP contribution < -0.4 is 5.32 Å². The molecule has 108 valence electrons. The Bertz CT molecular complexity index is 202. The third-order valence-corrected chi connectivity index (χ3v) is 4.52. The molecule has 0 saturated carbocycles. The maximum atomic E-state index is 5.95. The highest BCUT2D eigenvalue weighted by atomic mass is 16.5. The Morgan fingerprint density at radius 3 is 2.28 bits per heavy atom. The van der Waals surface area contributed by atoms with Crippen LogP contribution in [0.5, 0.6) is 0 Å². The zero-order valence-corrected chi connectivity index (χ0v) is 12.6. The van der Waals surface area contributed by atoms with Crippen LogP contribution in [0.2, 0.25) is 0 Å². The second kappa shape index (κ2) is 8.13. The number of hydrogen-bond acceptors (Lipinski definition) is 3. The summed E-state index contributed by atoms with van der Waals surface area (Å²) in [5, 5.41) is 3.75. The summed E-state index contributed by atoms with van der Waals surface area (Å²) in [5.74, 6) is 0.685. The van der Waals surface area contributed by atoms with Crippen molar-refractivity contribution in [2.75, 3.05) is 26.9 Å². The van der Waals surface area contributed by atoms with Crippen LogP contribution in [0.4, 0.5) is 0 Å². The van der Waals surface area contributed by atoms with Gasteiger partial charge >= 0.3 is 0 Å². The summed E-state index contributed by atoms with van der Waals surface area (Å²) in [6, 6.07) is 0.460. The van der Waals surface area contributed by atoms with E-state index in [0.717, 1.165) is 45.4 Å². The first kappa shape index (κ1) is 15.9. The summed E-state index contributed by atoms with van der Waals surface area (Å²) >= 11 is 0. The van der Waals surface area contributed by atoms with Gasteiger partial charge in [0.1, 0.15) is 0 Å². The van der Waals surface area contributed by atoms with Gasteiger partial charge in [0.25, 0.3) is 0 Å². The summed E-state index contributed by atoms with van der Waals surface area (Å²) in [6.45, 7) is 9.60. The van der Waals surface area contributed by atoms with Gasteiger partial charge in [-0.1, -0.05) is 20.8 Å². The van der Waals surface area contributed by atoms with E-state index in [4.69, 9.17) is 9.47 Å². The van der Waals surface area contributed by atoms with Crippen molar-refractivity contribution in [2.45, 2.75) is 64.5 Å². The predicted molar refractivity (Wildman–Crippen MR) is 75.9 cm³/mol. The van der Waals surface area contributed by atoms with E-state index in [-0.39, 0.29) is 5.60 Å². The molecule has 1 N–H and O–H groups in total. The Hall–Kier alpha value is -0.120. The summed E-state index contributed by atoms with van der Waals surface area (Å²) in [7, 11) is 1.87. The molecule has 0 aliphatic carbocycles. The molecule has 1 saturated heterocycles. The lowest BCUT2D eigenvalue weighted by Gasteiger charge is -2.44. The minimum atomic E-state index is -0.0167. The van der Waals surface area contributed by atoms with E-state index >= 15 is 0 Å². The molecular weight excluding hydrogens is 226 g/mol. The molecule has 0 aromatic rings. The number of ether oxygens (including phenoxy) is 2. The third kappa shape index (κ3) is 3.69. The van der Waals surface area contributed by atoms with E-state index in [1.54, 1.807) is 0 Å². The molecule has 1 rings (SSSR count). The predicted octanol–water partition coefficient (Wildman–Crippen LogP) is 2.99. The number of nitrogens with one attached hydrogen (secondary N) is 1. The van der Waals surface area contributed by atoms with Crippen LogP contribution in [-0.4, -0.2) is 38.5 Å². The monoisotopic (exact) mass is 257 g/mol. The van der Waals surface area contributed by atoms with Crippen molar-refractivity contribution >= 4 is 0 Å². The van der Waals surface area contributed by atoms with Gasteiger partial charge in [-0.2, -0.15) is 0 Å². The molecule has 3 heteroatoms. The summed E-state index contributed by atoms with van der Waals surface area (Å²) in [6.07, 6.45) is 5.63. The Balaban J connectivity index is 2.79. The lowest BCUT2D eigenvalue weighted by atomic mass is 9.77. The lowest BCUT2D eigenvalue weighted by Crippen LogP contribution is -2.56. The van der Waals surface area contributed by atoms with Crippen molar-refractivity contribution in [3.8, 4) is 0 Å². The van der Waals surface area contributed by atoms with E-state index in [9.17, 15) is 0 Å². The summed E-state index contributed by atoms with van der Waals surface area (Å²) in [5.41, 5.74) is -0.0167. The first-order valence-electron chi connectivity index (χ1n) is 7.60. The van der Waals surface area contributed by atoms with Crippen molar-refractivity contribution in [3.05, 3.63) is 0 Å². The number of methoxy groups -OCH3 is 1. The smallest absolute Gasteiger partial charge is 0.0828 e. The van der Waals surface area contributed by atoms with Crippen LogP contribution in [0, 0.1) is 5.92 Å². The second-order valence-electron chi connectivity index (χ2n) is 5.36. The molecule has 1 heterocycles. The second-order valence-corrected chi connectivity index (χ2v) is 5.36. The van der Waals surface area contributed by atoms with E-state index in [2.05, 4.69) is 26.1 Å². The average molecular weight is 257 g/mol. The van der Waals surface area contributed by atoms with Gasteiger partial charge in [-0.3, -0.25) is 0 Å². The third-order valence-electron chi connectivity index (χ3n) is 4.52. The summed E-state index contributed by atoms with van der Waals surface area (Å²) in [4.78, 5) is 0. The molecule has 0 aromatic carbocycles.